The number of anilines is 2. The van der Waals surface area contributed by atoms with E-state index in [2.05, 4.69) is 26.2 Å². The number of pyridine rings is 1. The van der Waals surface area contributed by atoms with Gasteiger partial charge in [0.1, 0.15) is 11.5 Å². The summed E-state index contributed by atoms with van der Waals surface area (Å²) in [6.45, 7) is -0.413. The van der Waals surface area contributed by atoms with E-state index in [1.54, 1.807) is 42.6 Å². The molecule has 1 aromatic carbocycles. The third-order valence-corrected chi connectivity index (χ3v) is 3.83. The monoisotopic (exact) mass is 379 g/mol. The molecule has 0 atom stereocenters. The molecule has 3 rings (SSSR count). The predicted octanol–water partition coefficient (Wildman–Crippen LogP) is 3.35. The number of aliphatic hydroxyl groups excluding tert-OH is 1. The predicted molar refractivity (Wildman–Crippen MR) is 89.8 cm³/mol. The van der Waals surface area contributed by atoms with Gasteiger partial charge < -0.3 is 10.4 Å². The van der Waals surface area contributed by atoms with Crippen LogP contribution < -0.4 is 10.9 Å². The largest absolute Gasteiger partial charge is 0.391 e. The first-order chi connectivity index (χ1) is 10.6. The summed E-state index contributed by atoms with van der Waals surface area (Å²) in [7, 11) is 0. The van der Waals surface area contributed by atoms with Crippen molar-refractivity contribution in [3.8, 4) is 0 Å². The van der Waals surface area contributed by atoms with Crippen LogP contribution in [0.25, 0.3) is 5.65 Å². The summed E-state index contributed by atoms with van der Waals surface area (Å²) in [5.74, 6) is 0.317. The van der Waals surface area contributed by atoms with Crippen molar-refractivity contribution in [3.63, 3.8) is 0 Å². The summed E-state index contributed by atoms with van der Waals surface area (Å²) >= 11 is 9.26. The fourth-order valence-electron chi connectivity index (χ4n) is 2.10. The Morgan fingerprint density at radius 3 is 2.86 bits per heavy atom. The van der Waals surface area contributed by atoms with Crippen LogP contribution in [0, 0.1) is 0 Å². The molecule has 0 fully saturated rings. The van der Waals surface area contributed by atoms with E-state index in [1.165, 1.54) is 4.40 Å². The Hall–Kier alpha value is -1.89. The van der Waals surface area contributed by atoms with Crippen LogP contribution in [0.1, 0.15) is 5.56 Å². The molecule has 2 N–H and O–H groups in total. The quantitative estimate of drug-likeness (QED) is 0.731. The highest BCUT2D eigenvalue weighted by Gasteiger charge is 2.12. The summed E-state index contributed by atoms with van der Waals surface area (Å²) in [6, 6.07) is 10.6. The number of benzene rings is 1. The molecule has 0 aliphatic rings. The molecule has 0 aliphatic carbocycles. The highest BCUT2D eigenvalue weighted by Crippen LogP contribution is 2.21. The van der Waals surface area contributed by atoms with Gasteiger partial charge >= 0.3 is 0 Å². The number of nitrogens with zero attached hydrogens (tertiary/aromatic N) is 2. The number of rotatable bonds is 3. The van der Waals surface area contributed by atoms with E-state index in [-0.39, 0.29) is 11.1 Å². The van der Waals surface area contributed by atoms with Gasteiger partial charge in [-0.3, -0.25) is 9.20 Å². The van der Waals surface area contributed by atoms with Crippen molar-refractivity contribution in [3.05, 3.63) is 68.0 Å². The molecule has 0 bridgehead atoms. The van der Waals surface area contributed by atoms with Crippen molar-refractivity contribution in [2.24, 2.45) is 0 Å². The number of nitrogens with one attached hydrogen (secondary N) is 1. The van der Waals surface area contributed by atoms with Gasteiger partial charge in [0.25, 0.3) is 5.56 Å². The zero-order valence-corrected chi connectivity index (χ0v) is 13.6. The molecule has 7 heteroatoms. The molecule has 0 saturated heterocycles. The molecule has 0 saturated carbocycles. The lowest BCUT2D eigenvalue weighted by Gasteiger charge is -2.11. The van der Waals surface area contributed by atoms with Gasteiger partial charge in [-0.2, -0.15) is 0 Å². The zero-order valence-electron chi connectivity index (χ0n) is 11.3. The van der Waals surface area contributed by atoms with Crippen molar-refractivity contribution in [1.82, 2.24) is 9.38 Å². The second-order valence-corrected chi connectivity index (χ2v) is 5.97. The van der Waals surface area contributed by atoms with E-state index in [9.17, 15) is 9.90 Å². The molecule has 2 aromatic heterocycles. The summed E-state index contributed by atoms with van der Waals surface area (Å²) < 4.78 is 2.14. The molecule has 0 spiro atoms. The van der Waals surface area contributed by atoms with Crippen LogP contribution in [0.4, 0.5) is 11.5 Å². The molecule has 5 nitrogen and oxygen atoms in total. The second-order valence-electron chi connectivity index (χ2n) is 4.61. The number of halogens is 2. The van der Waals surface area contributed by atoms with Gasteiger partial charge in [-0.05, 0) is 46.3 Å². The first kappa shape index (κ1) is 15.0. The number of aromatic nitrogens is 2. The van der Waals surface area contributed by atoms with Crippen molar-refractivity contribution in [2.75, 3.05) is 5.32 Å². The Morgan fingerprint density at radius 2 is 2.14 bits per heavy atom. The second kappa shape index (κ2) is 6.08. The molecular formula is C15H11BrClN3O2. The summed E-state index contributed by atoms with van der Waals surface area (Å²) in [5, 5.41) is 13.1. The highest BCUT2D eigenvalue weighted by atomic mass is 79.9. The highest BCUT2D eigenvalue weighted by molar-refractivity contribution is 9.10. The Balaban J connectivity index is 2.16. The van der Waals surface area contributed by atoms with Gasteiger partial charge in [-0.25, -0.2) is 4.98 Å². The molecule has 0 amide bonds. The third-order valence-electron chi connectivity index (χ3n) is 3.13. The molecule has 3 aromatic rings. The standard InChI is InChI=1S/C15H11BrClN3O2/c16-9-4-5-13-19-14(12(8-21)15(22)20(13)7-9)18-11-3-1-2-10(17)6-11/h1-7,18,21H,8H2. The van der Waals surface area contributed by atoms with Gasteiger partial charge in [0.05, 0.1) is 12.2 Å². The van der Waals surface area contributed by atoms with Gasteiger partial charge in [-0.1, -0.05) is 17.7 Å². The normalized spacial score (nSPS) is 10.9. The maximum atomic E-state index is 12.5. The van der Waals surface area contributed by atoms with Gasteiger partial charge in [0.2, 0.25) is 0 Å². The Bertz CT molecular complexity index is 911. The molecule has 112 valence electrons. The average Bonchev–Trinajstić information content (AvgIpc) is 2.49. The fourth-order valence-corrected chi connectivity index (χ4v) is 2.63. The topological polar surface area (TPSA) is 66.6 Å². The maximum absolute atomic E-state index is 12.5. The smallest absolute Gasteiger partial charge is 0.265 e. The minimum atomic E-state index is -0.413. The van der Waals surface area contributed by atoms with Crippen LogP contribution in [0.3, 0.4) is 0 Å². The lowest BCUT2D eigenvalue weighted by molar-refractivity contribution is 0.280. The average molecular weight is 381 g/mol. The number of hydrogen-bond donors (Lipinski definition) is 2. The van der Waals surface area contributed by atoms with Crippen molar-refractivity contribution < 1.29 is 5.11 Å². The molecule has 0 radical (unpaired) electrons. The van der Waals surface area contributed by atoms with Gasteiger partial charge in [-0.15, -0.1) is 0 Å². The Kier molecular flexibility index (Phi) is 4.15. The molecular weight excluding hydrogens is 370 g/mol. The lowest BCUT2D eigenvalue weighted by Crippen LogP contribution is -2.21. The Labute approximate surface area is 139 Å². The van der Waals surface area contributed by atoms with E-state index < -0.39 is 6.61 Å². The van der Waals surface area contributed by atoms with Crippen molar-refractivity contribution in [1.29, 1.82) is 0 Å². The molecule has 2 heterocycles. The van der Waals surface area contributed by atoms with Crippen LogP contribution in [-0.2, 0) is 6.61 Å². The van der Waals surface area contributed by atoms with Gasteiger partial charge in [0, 0.05) is 21.4 Å². The fraction of sp³-hybridized carbons (Fsp3) is 0.0667. The lowest BCUT2D eigenvalue weighted by atomic mass is 10.2. The van der Waals surface area contributed by atoms with E-state index >= 15 is 0 Å². The van der Waals surface area contributed by atoms with Crippen LogP contribution in [-0.4, -0.2) is 14.5 Å². The van der Waals surface area contributed by atoms with Crippen molar-refractivity contribution >= 4 is 44.7 Å². The minimum Gasteiger partial charge on any atom is -0.391 e. The van der Waals surface area contributed by atoms with Crippen molar-refractivity contribution in [2.45, 2.75) is 6.61 Å². The summed E-state index contributed by atoms with van der Waals surface area (Å²) in [4.78, 5) is 16.9. The molecule has 0 unspecified atom stereocenters. The first-order valence-corrected chi connectivity index (χ1v) is 7.60. The zero-order chi connectivity index (χ0) is 15.7. The number of hydrogen-bond acceptors (Lipinski definition) is 4. The number of aliphatic hydroxyl groups is 1. The van der Waals surface area contributed by atoms with Crippen LogP contribution in [0.15, 0.2) is 51.9 Å². The van der Waals surface area contributed by atoms with Crippen LogP contribution in [0.2, 0.25) is 5.02 Å². The number of fused-ring (bicyclic) bond motifs is 1. The van der Waals surface area contributed by atoms with Crippen LogP contribution in [0.5, 0.6) is 0 Å². The maximum Gasteiger partial charge on any atom is 0.265 e. The summed E-state index contributed by atoms with van der Waals surface area (Å²) in [6.07, 6.45) is 1.62. The minimum absolute atomic E-state index is 0.190. The SMILES string of the molecule is O=c1c(CO)c(Nc2cccc(Cl)c2)nc2ccc(Br)cn12. The van der Waals surface area contributed by atoms with Gasteiger partial charge in [0.15, 0.2) is 0 Å². The van der Waals surface area contributed by atoms with E-state index in [0.717, 1.165) is 4.47 Å². The van der Waals surface area contributed by atoms with E-state index in [1.807, 2.05) is 0 Å². The van der Waals surface area contributed by atoms with E-state index in [4.69, 9.17) is 11.6 Å². The third kappa shape index (κ3) is 2.85. The first-order valence-electron chi connectivity index (χ1n) is 6.43. The van der Waals surface area contributed by atoms with E-state index in [0.29, 0.717) is 22.2 Å². The molecule has 0 aliphatic heterocycles. The Morgan fingerprint density at radius 1 is 1.32 bits per heavy atom. The van der Waals surface area contributed by atoms with Crippen LogP contribution >= 0.6 is 27.5 Å². The summed E-state index contributed by atoms with van der Waals surface area (Å²) in [5.41, 5.74) is 1.04. The molecule has 22 heavy (non-hydrogen) atoms.